The number of guanidine groups is 1. The number of rotatable bonds is 8. The number of ether oxygens (including phenoxy) is 3. The second-order valence-electron chi connectivity index (χ2n) is 5.72. The molecule has 1 aliphatic heterocycles. The molecule has 9 heteroatoms. The van der Waals surface area contributed by atoms with Crippen LogP contribution in [0.25, 0.3) is 0 Å². The van der Waals surface area contributed by atoms with Gasteiger partial charge in [-0.15, -0.1) is 13.2 Å². The third-order valence-electron chi connectivity index (χ3n) is 3.72. The zero-order valence-electron chi connectivity index (χ0n) is 14.6. The van der Waals surface area contributed by atoms with Crippen LogP contribution in [0.15, 0.2) is 29.3 Å². The molecule has 2 N–H and O–H groups in total. The Hall–Kier alpha value is -2.00. The first-order valence-corrected chi connectivity index (χ1v) is 8.45. The summed E-state index contributed by atoms with van der Waals surface area (Å²) in [6.45, 7) is 2.80. The Balaban J connectivity index is 1.71. The van der Waals surface area contributed by atoms with E-state index in [2.05, 4.69) is 20.4 Å². The number of benzene rings is 1. The number of hydrogen-bond acceptors (Lipinski definition) is 4. The number of hydrogen-bond donors (Lipinski definition) is 2. The van der Waals surface area contributed by atoms with Gasteiger partial charge < -0.3 is 24.8 Å². The Labute approximate surface area is 150 Å². The zero-order valence-corrected chi connectivity index (χ0v) is 14.6. The maximum Gasteiger partial charge on any atom is 0.573 e. The van der Waals surface area contributed by atoms with Crippen LogP contribution < -0.4 is 15.4 Å². The fourth-order valence-corrected chi connectivity index (χ4v) is 2.45. The van der Waals surface area contributed by atoms with Gasteiger partial charge >= 0.3 is 6.36 Å². The van der Waals surface area contributed by atoms with Gasteiger partial charge in [0.1, 0.15) is 5.75 Å². The Morgan fingerprint density at radius 2 is 2.12 bits per heavy atom. The summed E-state index contributed by atoms with van der Waals surface area (Å²) in [5.41, 5.74) is 0.386. The quantitative estimate of drug-likeness (QED) is 0.415. The number of alkyl halides is 3. The molecule has 1 unspecified atom stereocenters. The molecule has 26 heavy (non-hydrogen) atoms. The van der Waals surface area contributed by atoms with Crippen molar-refractivity contribution in [2.24, 2.45) is 4.99 Å². The van der Waals surface area contributed by atoms with Crippen molar-refractivity contribution in [3.05, 3.63) is 29.8 Å². The number of para-hydroxylation sites is 1. The highest BCUT2D eigenvalue weighted by Gasteiger charge is 2.31. The summed E-state index contributed by atoms with van der Waals surface area (Å²) in [6, 6.07) is 6.00. The van der Waals surface area contributed by atoms with Crippen LogP contribution in [0.2, 0.25) is 0 Å². The molecule has 1 atom stereocenters. The lowest BCUT2D eigenvalue weighted by molar-refractivity contribution is -0.274. The highest BCUT2D eigenvalue weighted by molar-refractivity contribution is 5.79. The predicted molar refractivity (Wildman–Crippen MR) is 91.1 cm³/mol. The smallest absolute Gasteiger partial charge is 0.405 e. The lowest BCUT2D eigenvalue weighted by Crippen LogP contribution is -2.37. The van der Waals surface area contributed by atoms with Gasteiger partial charge in [0.2, 0.25) is 0 Å². The Bertz CT molecular complexity index is 576. The highest BCUT2D eigenvalue weighted by Crippen LogP contribution is 2.25. The monoisotopic (exact) mass is 375 g/mol. The van der Waals surface area contributed by atoms with Crippen molar-refractivity contribution in [1.82, 2.24) is 10.6 Å². The minimum Gasteiger partial charge on any atom is -0.405 e. The van der Waals surface area contributed by atoms with Gasteiger partial charge in [-0.05, 0) is 18.9 Å². The fourth-order valence-electron chi connectivity index (χ4n) is 2.45. The van der Waals surface area contributed by atoms with Crippen LogP contribution in [-0.2, 0) is 16.0 Å². The largest absolute Gasteiger partial charge is 0.573 e. The zero-order chi connectivity index (χ0) is 18.8. The van der Waals surface area contributed by atoms with E-state index < -0.39 is 6.36 Å². The first-order chi connectivity index (χ1) is 12.5. The predicted octanol–water partition coefficient (Wildman–Crippen LogP) is 2.45. The molecule has 0 saturated carbocycles. The third kappa shape index (κ3) is 7.49. The molecule has 0 bridgehead atoms. The van der Waals surface area contributed by atoms with Crippen molar-refractivity contribution in [2.75, 3.05) is 33.4 Å². The van der Waals surface area contributed by atoms with E-state index in [-0.39, 0.29) is 18.4 Å². The standard InChI is InChI=1S/C17H24F3N3O3/c1-21-16(22-8-4-9-25-14-7-10-24-12-14)23-11-13-5-2-3-6-15(13)26-17(18,19)20/h2-3,5-6,14H,4,7-12H2,1H3,(H2,21,22,23). The van der Waals surface area contributed by atoms with Crippen LogP contribution in [0, 0.1) is 0 Å². The van der Waals surface area contributed by atoms with Crippen molar-refractivity contribution in [1.29, 1.82) is 0 Å². The van der Waals surface area contributed by atoms with E-state index in [0.717, 1.165) is 19.4 Å². The van der Waals surface area contributed by atoms with Crippen molar-refractivity contribution < 1.29 is 27.4 Å². The molecule has 0 radical (unpaired) electrons. The van der Waals surface area contributed by atoms with E-state index in [1.54, 1.807) is 19.2 Å². The first-order valence-electron chi connectivity index (χ1n) is 8.45. The summed E-state index contributed by atoms with van der Waals surface area (Å²) in [6.07, 6.45) is -2.83. The lowest BCUT2D eigenvalue weighted by Gasteiger charge is -2.16. The van der Waals surface area contributed by atoms with Crippen molar-refractivity contribution in [3.63, 3.8) is 0 Å². The normalized spacial score (nSPS) is 18.0. The average Bonchev–Trinajstić information content (AvgIpc) is 3.10. The van der Waals surface area contributed by atoms with E-state index >= 15 is 0 Å². The highest BCUT2D eigenvalue weighted by atomic mass is 19.4. The Morgan fingerprint density at radius 3 is 2.81 bits per heavy atom. The molecular weight excluding hydrogens is 351 g/mol. The van der Waals surface area contributed by atoms with E-state index in [1.807, 2.05) is 0 Å². The average molecular weight is 375 g/mol. The van der Waals surface area contributed by atoms with Gasteiger partial charge in [0, 0.05) is 38.9 Å². The molecule has 0 amide bonds. The molecule has 0 aromatic heterocycles. The summed E-state index contributed by atoms with van der Waals surface area (Å²) in [5.74, 6) is 0.270. The number of aliphatic imine (C=N–C) groups is 1. The van der Waals surface area contributed by atoms with E-state index in [0.29, 0.717) is 31.3 Å². The fraction of sp³-hybridized carbons (Fsp3) is 0.588. The van der Waals surface area contributed by atoms with Gasteiger partial charge in [-0.25, -0.2) is 0 Å². The van der Waals surface area contributed by atoms with Crippen LogP contribution in [0.1, 0.15) is 18.4 Å². The molecule has 6 nitrogen and oxygen atoms in total. The van der Waals surface area contributed by atoms with E-state index in [1.165, 1.54) is 12.1 Å². The van der Waals surface area contributed by atoms with Crippen molar-refractivity contribution in [2.45, 2.75) is 31.9 Å². The molecule has 1 heterocycles. The molecule has 146 valence electrons. The van der Waals surface area contributed by atoms with Gasteiger partial charge in [-0.2, -0.15) is 0 Å². The molecular formula is C17H24F3N3O3. The minimum absolute atomic E-state index is 0.155. The molecule has 0 spiro atoms. The maximum atomic E-state index is 12.4. The SMILES string of the molecule is CN=C(NCCCOC1CCOC1)NCc1ccccc1OC(F)(F)F. The Kier molecular flexibility index (Phi) is 7.99. The number of nitrogens with zero attached hydrogens (tertiary/aromatic N) is 1. The van der Waals surface area contributed by atoms with E-state index in [9.17, 15) is 13.2 Å². The van der Waals surface area contributed by atoms with Gasteiger partial charge in [-0.3, -0.25) is 4.99 Å². The molecule has 1 aromatic carbocycles. The Morgan fingerprint density at radius 1 is 1.31 bits per heavy atom. The second-order valence-corrected chi connectivity index (χ2v) is 5.72. The van der Waals surface area contributed by atoms with Crippen LogP contribution in [0.3, 0.4) is 0 Å². The summed E-state index contributed by atoms with van der Waals surface area (Å²) in [7, 11) is 1.60. The summed E-state index contributed by atoms with van der Waals surface area (Å²) in [4.78, 5) is 4.05. The lowest BCUT2D eigenvalue weighted by atomic mass is 10.2. The molecule has 1 aliphatic rings. The van der Waals surface area contributed by atoms with Crippen LogP contribution >= 0.6 is 0 Å². The first kappa shape index (κ1) is 20.3. The van der Waals surface area contributed by atoms with Crippen LogP contribution in [0.5, 0.6) is 5.75 Å². The van der Waals surface area contributed by atoms with Gasteiger partial charge in [-0.1, -0.05) is 18.2 Å². The molecule has 1 fully saturated rings. The molecule has 1 saturated heterocycles. The molecule has 0 aliphatic carbocycles. The topological polar surface area (TPSA) is 64.1 Å². The van der Waals surface area contributed by atoms with Crippen LogP contribution in [-0.4, -0.2) is 51.8 Å². The minimum atomic E-state index is -4.72. The van der Waals surface area contributed by atoms with Crippen molar-refractivity contribution in [3.8, 4) is 5.75 Å². The summed E-state index contributed by atoms with van der Waals surface area (Å²) >= 11 is 0. The van der Waals surface area contributed by atoms with Crippen LogP contribution in [0.4, 0.5) is 13.2 Å². The number of halogens is 3. The third-order valence-corrected chi connectivity index (χ3v) is 3.72. The second kappa shape index (κ2) is 10.2. The summed E-state index contributed by atoms with van der Waals surface area (Å²) in [5, 5.41) is 6.07. The molecule has 1 aromatic rings. The summed E-state index contributed by atoms with van der Waals surface area (Å²) < 4.78 is 52.2. The van der Waals surface area contributed by atoms with Gasteiger partial charge in [0.25, 0.3) is 0 Å². The van der Waals surface area contributed by atoms with E-state index in [4.69, 9.17) is 9.47 Å². The van der Waals surface area contributed by atoms with Gasteiger partial charge in [0.15, 0.2) is 5.96 Å². The molecule has 2 rings (SSSR count). The number of nitrogens with one attached hydrogen (secondary N) is 2. The maximum absolute atomic E-state index is 12.4. The van der Waals surface area contributed by atoms with Gasteiger partial charge in [0.05, 0.1) is 12.7 Å². The van der Waals surface area contributed by atoms with Crippen molar-refractivity contribution >= 4 is 5.96 Å².